The van der Waals surface area contributed by atoms with E-state index >= 15 is 0 Å². The van der Waals surface area contributed by atoms with E-state index in [0.717, 1.165) is 133 Å². The Bertz CT molecular complexity index is 9490. The average molecular weight is 1820 g/mol. The summed E-state index contributed by atoms with van der Waals surface area (Å²) in [6.45, 7) is 0. The number of aromatic nitrogens is 4. The maximum absolute atomic E-state index is 11.6. The minimum atomic E-state index is -0.621. The maximum atomic E-state index is 11.6. The third kappa shape index (κ3) is 11.2. The number of hydrogen-bond donors (Lipinski definition) is 0. The number of nitrogens with zero attached hydrogens (tertiary/aromatic N) is 5. The Labute approximate surface area is 834 Å². The standard InChI is InChI=1S/C139H83N5/c140-84-95-78-89(88-39-32-41-93(77-88)134-142-130(86-36-5-2-6-37-86)83-132(144-134)106-50-9-7-42-96(106)91-71-75-120-112(80-91)105-49-16-22-59-118(105)139(120)127-66-29-25-62-123(127)137(124-63-26-30-67-128(124)139)115-56-19-13-46-102(115)103-47-14-20-57-116(103)137)68-72-97(95)107-52-33-53-109-99-73-69-94(81-110(99)98-43-8-10-51-108(98)133(107)109)135-141-129(85-34-3-1-4-35-85)82-131(143-135)92-40-31-38-87(76-92)90-70-74-119-111(79-90)104-48-15-21-58-117(104)138(119)125-64-27-23-60-121(125)136(122-61-24-28-65-126(122)138)113-54-17-11-44-100(113)101-45-12-18-55-114(101)136/h1-83H. The van der Waals surface area contributed by atoms with Gasteiger partial charge >= 0.3 is 0 Å². The molecule has 30 rings (SSSR count). The van der Waals surface area contributed by atoms with Crippen LogP contribution in [0, 0.1) is 11.3 Å². The maximum Gasteiger partial charge on any atom is 0.160 e. The van der Waals surface area contributed by atoms with Gasteiger partial charge in [-0.2, -0.15) is 5.26 Å². The van der Waals surface area contributed by atoms with Gasteiger partial charge in [0, 0.05) is 38.9 Å². The summed E-state index contributed by atoms with van der Waals surface area (Å²) in [5.41, 5.74) is 46.4. The van der Waals surface area contributed by atoms with Crippen molar-refractivity contribution in [1.29, 1.82) is 5.26 Å². The van der Waals surface area contributed by atoms with Crippen molar-refractivity contribution in [3.05, 3.63) is 598 Å². The second-order valence-electron chi connectivity index (χ2n) is 39.2. The highest BCUT2D eigenvalue weighted by Crippen LogP contribution is 2.71. The van der Waals surface area contributed by atoms with Gasteiger partial charge in [-0.25, -0.2) is 19.9 Å². The third-order valence-corrected chi connectivity index (χ3v) is 32.5. The first-order chi connectivity index (χ1) is 71.3. The molecular formula is C139H83N5. The van der Waals surface area contributed by atoms with E-state index in [1.165, 1.54) is 134 Å². The molecule has 24 aromatic rings. The van der Waals surface area contributed by atoms with Gasteiger partial charge in [0.1, 0.15) is 0 Å². The fourth-order valence-electron chi connectivity index (χ4n) is 26.9. The van der Waals surface area contributed by atoms with Gasteiger partial charge in [-0.15, -0.1) is 0 Å². The molecule has 0 N–H and O–H groups in total. The predicted octanol–water partition coefficient (Wildman–Crippen LogP) is 33.3. The van der Waals surface area contributed by atoms with E-state index < -0.39 is 21.7 Å². The highest BCUT2D eigenvalue weighted by Gasteiger charge is 2.61. The molecule has 664 valence electrons. The summed E-state index contributed by atoms with van der Waals surface area (Å²) in [4.78, 5) is 22.1. The van der Waals surface area contributed by atoms with Crippen LogP contribution in [0.1, 0.15) is 94.6 Å². The minimum Gasteiger partial charge on any atom is -0.228 e. The molecule has 2 heterocycles. The molecular weight excluding hydrogens is 1740 g/mol. The molecule has 4 spiro atoms. The van der Waals surface area contributed by atoms with Crippen LogP contribution in [0.2, 0.25) is 0 Å². The second kappa shape index (κ2) is 31.1. The normalized spacial score (nSPS) is 13.9. The lowest BCUT2D eigenvalue weighted by Crippen LogP contribution is -2.43. The average Bonchev–Trinajstić information content (AvgIpc) is 1.47. The lowest BCUT2D eigenvalue weighted by atomic mass is 9.52. The molecule has 0 radical (unpaired) electrons. The van der Waals surface area contributed by atoms with Crippen molar-refractivity contribution < 1.29 is 0 Å². The fourth-order valence-corrected chi connectivity index (χ4v) is 26.9. The molecule has 0 saturated carbocycles. The molecule has 0 atom stereocenters. The van der Waals surface area contributed by atoms with Crippen molar-refractivity contribution in [2.45, 2.75) is 21.7 Å². The van der Waals surface area contributed by atoms with E-state index in [0.29, 0.717) is 17.2 Å². The molecule has 0 bridgehead atoms. The Kier molecular flexibility index (Phi) is 17.6. The summed E-state index contributed by atoms with van der Waals surface area (Å²) in [6.07, 6.45) is 0. The largest absolute Gasteiger partial charge is 0.228 e. The van der Waals surface area contributed by atoms with Crippen LogP contribution < -0.4 is 0 Å². The van der Waals surface area contributed by atoms with E-state index in [1.807, 2.05) is 12.1 Å². The molecule has 0 amide bonds. The van der Waals surface area contributed by atoms with E-state index in [1.54, 1.807) is 0 Å². The first-order valence-corrected chi connectivity index (χ1v) is 49.8. The molecule has 0 aliphatic heterocycles. The Morgan fingerprint density at radius 2 is 0.424 bits per heavy atom. The molecule has 2 aromatic heterocycles. The van der Waals surface area contributed by atoms with Crippen LogP contribution in [0.3, 0.4) is 0 Å². The number of rotatable bonds is 10. The smallest absolute Gasteiger partial charge is 0.160 e. The lowest BCUT2D eigenvalue weighted by Gasteiger charge is -2.48. The Morgan fingerprint density at radius 1 is 0.146 bits per heavy atom. The van der Waals surface area contributed by atoms with Gasteiger partial charge in [0.25, 0.3) is 0 Å². The molecule has 0 saturated heterocycles. The topological polar surface area (TPSA) is 75.3 Å². The van der Waals surface area contributed by atoms with Crippen LogP contribution in [-0.4, -0.2) is 19.9 Å². The van der Waals surface area contributed by atoms with Gasteiger partial charge in [-0.1, -0.05) is 455 Å². The molecule has 0 unspecified atom stereocenters. The third-order valence-electron chi connectivity index (χ3n) is 32.5. The SMILES string of the molecule is N#Cc1cc(-c2cccc(-c3nc(-c4ccccc4)cc(-c4ccccc4-c4ccc5c(c4)-c4ccccc4C54c5ccccc5C5(c6ccccc6-c6ccccc65)c5ccccc54)n3)c2)ccc1-c1cccc2c3ccc(-c4nc(-c5ccccc5)cc(-c5cccc(-c6ccc7c(c6)-c6ccccc6C76c7ccccc7C7(c8ccccc8-c8ccccc87)c7ccccc76)c5)n4)cc3c3ccccc3c12. The summed E-state index contributed by atoms with van der Waals surface area (Å²) >= 11 is 0. The zero-order valence-electron chi connectivity index (χ0n) is 78.2. The van der Waals surface area contributed by atoms with Gasteiger partial charge in [0.2, 0.25) is 0 Å². The zero-order valence-corrected chi connectivity index (χ0v) is 78.2. The molecule has 5 heteroatoms. The van der Waals surface area contributed by atoms with Crippen LogP contribution >= 0.6 is 0 Å². The van der Waals surface area contributed by atoms with Crippen molar-refractivity contribution >= 4 is 32.3 Å². The molecule has 5 nitrogen and oxygen atoms in total. The fraction of sp³-hybridized carbons (Fsp3) is 0.0288. The lowest BCUT2D eigenvalue weighted by molar-refractivity contribution is 0.633. The molecule has 22 aromatic carbocycles. The monoisotopic (exact) mass is 1820 g/mol. The highest BCUT2D eigenvalue weighted by atomic mass is 14.9. The number of hydrogen-bond acceptors (Lipinski definition) is 5. The van der Waals surface area contributed by atoms with E-state index in [2.05, 4.69) is 497 Å². The zero-order chi connectivity index (χ0) is 94.7. The van der Waals surface area contributed by atoms with Gasteiger partial charge < -0.3 is 0 Å². The number of nitriles is 1. The minimum absolute atomic E-state index is 0.517. The molecule has 6 aliphatic carbocycles. The quantitative estimate of drug-likeness (QED) is 0.128. The number of benzene rings is 22. The van der Waals surface area contributed by atoms with Crippen molar-refractivity contribution in [3.63, 3.8) is 0 Å². The molecule has 0 fully saturated rings. The second-order valence-corrected chi connectivity index (χ2v) is 39.2. The van der Waals surface area contributed by atoms with Crippen LogP contribution in [-0.2, 0) is 21.7 Å². The van der Waals surface area contributed by atoms with E-state index in [4.69, 9.17) is 19.9 Å². The summed E-state index contributed by atoms with van der Waals surface area (Å²) < 4.78 is 0. The Morgan fingerprint density at radius 3 is 0.882 bits per heavy atom. The highest BCUT2D eigenvalue weighted by molar-refractivity contribution is 6.29. The first kappa shape index (κ1) is 81.3. The van der Waals surface area contributed by atoms with Crippen LogP contribution in [0.25, 0.3) is 189 Å². The Hall–Kier alpha value is -18.7. The van der Waals surface area contributed by atoms with Crippen molar-refractivity contribution in [2.24, 2.45) is 0 Å². The molecule has 6 aliphatic rings. The van der Waals surface area contributed by atoms with Gasteiger partial charge in [0.05, 0.1) is 56.1 Å². The predicted molar refractivity (Wildman–Crippen MR) is 586 cm³/mol. The van der Waals surface area contributed by atoms with Gasteiger partial charge in [-0.3, -0.25) is 0 Å². The van der Waals surface area contributed by atoms with Crippen LogP contribution in [0.4, 0.5) is 0 Å². The van der Waals surface area contributed by atoms with Gasteiger partial charge in [0.15, 0.2) is 11.6 Å². The van der Waals surface area contributed by atoms with Crippen LogP contribution in [0.15, 0.2) is 504 Å². The Balaban J connectivity index is 0.489. The summed E-state index contributed by atoms with van der Waals surface area (Å²) in [5.74, 6) is 1.22. The van der Waals surface area contributed by atoms with Crippen molar-refractivity contribution in [2.75, 3.05) is 0 Å². The van der Waals surface area contributed by atoms with Crippen molar-refractivity contribution in [1.82, 2.24) is 19.9 Å². The molecule has 144 heavy (non-hydrogen) atoms. The number of fused-ring (bicyclic) bond motifs is 38. The van der Waals surface area contributed by atoms with Gasteiger partial charge in [-0.05, 0) is 253 Å². The van der Waals surface area contributed by atoms with E-state index in [9.17, 15) is 5.26 Å². The first-order valence-electron chi connectivity index (χ1n) is 49.8. The van der Waals surface area contributed by atoms with Crippen molar-refractivity contribution in [3.8, 4) is 163 Å². The summed E-state index contributed by atoms with van der Waals surface area (Å²) in [5, 5.41) is 18.1. The van der Waals surface area contributed by atoms with Crippen LogP contribution in [0.5, 0.6) is 0 Å². The summed E-state index contributed by atoms with van der Waals surface area (Å²) in [6, 6.07) is 189. The van der Waals surface area contributed by atoms with E-state index in [-0.39, 0.29) is 0 Å². The summed E-state index contributed by atoms with van der Waals surface area (Å²) in [7, 11) is 0.